The Kier molecular flexibility index (Phi) is 10.3. The van der Waals surface area contributed by atoms with Crippen molar-refractivity contribution in [2.75, 3.05) is 45.1 Å². The van der Waals surface area contributed by atoms with Crippen LogP contribution in [0, 0.1) is 0 Å². The quantitative estimate of drug-likeness (QED) is 0.443. The van der Waals surface area contributed by atoms with Crippen molar-refractivity contribution in [2.24, 2.45) is 0 Å². The van der Waals surface area contributed by atoms with Gasteiger partial charge in [-0.05, 0) is 50.7 Å². The zero-order valence-corrected chi connectivity index (χ0v) is 16.9. The molecule has 0 amide bonds. The predicted molar refractivity (Wildman–Crippen MR) is 113 cm³/mol. The monoisotopic (exact) mass is 375 g/mol. The zero-order chi connectivity index (χ0) is 18.5. The summed E-state index contributed by atoms with van der Waals surface area (Å²) < 4.78 is 0. The highest BCUT2D eigenvalue weighted by Crippen LogP contribution is 2.13. The zero-order valence-electron chi connectivity index (χ0n) is 16.1. The molecule has 1 aromatic heterocycles. The van der Waals surface area contributed by atoms with E-state index in [2.05, 4.69) is 57.0 Å². The first kappa shape index (κ1) is 20.8. The van der Waals surface area contributed by atoms with Crippen LogP contribution in [0.25, 0.3) is 0 Å². The van der Waals surface area contributed by atoms with Crippen molar-refractivity contribution in [3.8, 4) is 0 Å². The molecule has 0 bridgehead atoms. The van der Waals surface area contributed by atoms with Gasteiger partial charge in [0.05, 0.1) is 0 Å². The molecular formula is C20H33N5S. The Morgan fingerprint density at radius 1 is 1.04 bits per heavy atom. The lowest BCUT2D eigenvalue weighted by molar-refractivity contribution is 0.261. The van der Waals surface area contributed by atoms with Gasteiger partial charge < -0.3 is 16.0 Å². The van der Waals surface area contributed by atoms with Crippen LogP contribution in [0.15, 0.2) is 35.8 Å². The summed E-state index contributed by atoms with van der Waals surface area (Å²) >= 11 is 1.63. The Balaban J connectivity index is 1.80. The van der Waals surface area contributed by atoms with Gasteiger partial charge in [0.25, 0.3) is 0 Å². The summed E-state index contributed by atoms with van der Waals surface area (Å²) in [5.41, 5.74) is 2.67. The minimum absolute atomic E-state index is 0.820. The van der Waals surface area contributed by atoms with E-state index in [1.54, 1.807) is 11.3 Å². The second kappa shape index (κ2) is 12.8. The summed E-state index contributed by atoms with van der Waals surface area (Å²) in [5, 5.41) is 13.1. The highest BCUT2D eigenvalue weighted by molar-refractivity contribution is 7.13. The third-order valence-corrected chi connectivity index (χ3v) is 4.97. The van der Waals surface area contributed by atoms with Gasteiger partial charge in [-0.2, -0.15) is 0 Å². The fraction of sp³-hybridized carbons (Fsp3) is 0.550. The maximum absolute atomic E-state index is 4.26. The second-order valence-electron chi connectivity index (χ2n) is 6.49. The van der Waals surface area contributed by atoms with Crippen molar-refractivity contribution >= 4 is 16.5 Å². The van der Waals surface area contributed by atoms with Gasteiger partial charge in [0.1, 0.15) is 0 Å². The van der Waals surface area contributed by atoms with Crippen LogP contribution in [0.5, 0.6) is 0 Å². The van der Waals surface area contributed by atoms with Gasteiger partial charge in [0.15, 0.2) is 5.13 Å². The summed E-state index contributed by atoms with van der Waals surface area (Å²) in [6.45, 7) is 9.49. The minimum Gasteiger partial charge on any atom is -0.357 e. The van der Waals surface area contributed by atoms with Gasteiger partial charge >= 0.3 is 0 Å². The standard InChI is InChI=1S/C20H33N5S/c1-3-9-22-11-14-25(13-4-10-21-2)17-19-7-5-18(6-8-19)16-24-20-23-12-15-26-20/h5-8,12,15,21-22H,3-4,9-11,13-14,16-17H2,1-2H3,(H,23,24). The molecule has 144 valence electrons. The average molecular weight is 376 g/mol. The molecule has 3 N–H and O–H groups in total. The molecule has 2 aromatic rings. The molecule has 0 saturated heterocycles. The number of thiazole rings is 1. The Morgan fingerprint density at radius 3 is 2.54 bits per heavy atom. The van der Waals surface area contributed by atoms with Crippen LogP contribution in [0.4, 0.5) is 5.13 Å². The molecule has 0 spiro atoms. The predicted octanol–water partition coefficient (Wildman–Crippen LogP) is 3.17. The summed E-state index contributed by atoms with van der Waals surface area (Å²) in [6, 6.07) is 8.95. The molecule has 0 saturated carbocycles. The first-order chi connectivity index (χ1) is 12.8. The van der Waals surface area contributed by atoms with Crippen LogP contribution in [0.3, 0.4) is 0 Å². The number of anilines is 1. The van der Waals surface area contributed by atoms with Gasteiger partial charge in [0, 0.05) is 37.8 Å². The molecule has 0 aliphatic heterocycles. The van der Waals surface area contributed by atoms with E-state index in [0.29, 0.717) is 0 Å². The topological polar surface area (TPSA) is 52.2 Å². The number of hydrogen-bond acceptors (Lipinski definition) is 6. The summed E-state index contributed by atoms with van der Waals surface area (Å²) in [7, 11) is 2.02. The molecular weight excluding hydrogens is 342 g/mol. The minimum atomic E-state index is 0.820. The molecule has 5 nitrogen and oxygen atoms in total. The Hall–Kier alpha value is -1.47. The fourth-order valence-electron chi connectivity index (χ4n) is 2.80. The number of rotatable bonds is 14. The molecule has 2 rings (SSSR count). The molecule has 1 heterocycles. The van der Waals surface area contributed by atoms with Gasteiger partial charge in [-0.3, -0.25) is 4.90 Å². The van der Waals surface area contributed by atoms with Crippen molar-refractivity contribution in [1.82, 2.24) is 20.5 Å². The Labute approximate surface area is 162 Å². The summed E-state index contributed by atoms with van der Waals surface area (Å²) in [4.78, 5) is 6.80. The lowest BCUT2D eigenvalue weighted by Gasteiger charge is -2.23. The van der Waals surface area contributed by atoms with Crippen molar-refractivity contribution in [2.45, 2.75) is 32.9 Å². The van der Waals surface area contributed by atoms with E-state index < -0.39 is 0 Å². The van der Waals surface area contributed by atoms with E-state index in [-0.39, 0.29) is 0 Å². The molecule has 0 fully saturated rings. The average Bonchev–Trinajstić information content (AvgIpc) is 3.18. The van der Waals surface area contributed by atoms with Crippen LogP contribution in [-0.2, 0) is 13.1 Å². The van der Waals surface area contributed by atoms with E-state index in [0.717, 1.165) is 50.9 Å². The highest BCUT2D eigenvalue weighted by atomic mass is 32.1. The van der Waals surface area contributed by atoms with Gasteiger partial charge in [-0.25, -0.2) is 4.98 Å². The van der Waals surface area contributed by atoms with Crippen molar-refractivity contribution in [3.05, 3.63) is 47.0 Å². The highest BCUT2D eigenvalue weighted by Gasteiger charge is 2.06. The van der Waals surface area contributed by atoms with E-state index >= 15 is 0 Å². The first-order valence-corrected chi connectivity index (χ1v) is 10.5. The lowest BCUT2D eigenvalue weighted by atomic mass is 10.1. The molecule has 6 heteroatoms. The molecule has 0 radical (unpaired) electrons. The molecule has 0 aliphatic carbocycles. The molecule has 0 unspecified atom stereocenters. The van der Waals surface area contributed by atoms with Crippen molar-refractivity contribution < 1.29 is 0 Å². The number of hydrogen-bond donors (Lipinski definition) is 3. The largest absolute Gasteiger partial charge is 0.357 e. The van der Waals surface area contributed by atoms with Crippen molar-refractivity contribution in [1.29, 1.82) is 0 Å². The SMILES string of the molecule is CCCNCCN(CCCNC)Cc1ccc(CNc2nccs2)cc1. The molecule has 0 atom stereocenters. The van der Waals surface area contributed by atoms with Gasteiger partial charge in [-0.1, -0.05) is 31.2 Å². The van der Waals surface area contributed by atoms with Crippen LogP contribution in [0.2, 0.25) is 0 Å². The van der Waals surface area contributed by atoms with Crippen LogP contribution < -0.4 is 16.0 Å². The normalized spacial score (nSPS) is 11.2. The Bertz CT molecular complexity index is 570. The summed E-state index contributed by atoms with van der Waals surface area (Å²) in [5.74, 6) is 0. The van der Waals surface area contributed by atoms with Gasteiger partial charge in [-0.15, -0.1) is 11.3 Å². The molecule has 0 aliphatic rings. The first-order valence-electron chi connectivity index (χ1n) is 9.60. The number of benzene rings is 1. The number of nitrogens with one attached hydrogen (secondary N) is 3. The van der Waals surface area contributed by atoms with E-state index in [1.165, 1.54) is 24.0 Å². The molecule has 26 heavy (non-hydrogen) atoms. The van der Waals surface area contributed by atoms with Gasteiger partial charge in [0.2, 0.25) is 0 Å². The Morgan fingerprint density at radius 2 is 1.85 bits per heavy atom. The third-order valence-electron chi connectivity index (χ3n) is 4.24. The van der Waals surface area contributed by atoms with E-state index in [9.17, 15) is 0 Å². The van der Waals surface area contributed by atoms with Crippen LogP contribution >= 0.6 is 11.3 Å². The van der Waals surface area contributed by atoms with E-state index in [1.807, 2.05) is 18.6 Å². The fourth-order valence-corrected chi connectivity index (χ4v) is 3.33. The smallest absolute Gasteiger partial charge is 0.182 e. The third kappa shape index (κ3) is 8.27. The van der Waals surface area contributed by atoms with Crippen molar-refractivity contribution in [3.63, 3.8) is 0 Å². The second-order valence-corrected chi connectivity index (χ2v) is 7.39. The lowest BCUT2D eigenvalue weighted by Crippen LogP contribution is -2.33. The number of nitrogens with zero attached hydrogens (tertiary/aromatic N) is 2. The van der Waals surface area contributed by atoms with Crippen LogP contribution in [0.1, 0.15) is 30.9 Å². The molecule has 1 aromatic carbocycles. The van der Waals surface area contributed by atoms with E-state index in [4.69, 9.17) is 0 Å². The maximum Gasteiger partial charge on any atom is 0.182 e. The summed E-state index contributed by atoms with van der Waals surface area (Å²) in [6.07, 6.45) is 4.20. The van der Waals surface area contributed by atoms with Crippen LogP contribution in [-0.4, -0.2) is 49.7 Å². The maximum atomic E-state index is 4.26. The number of aromatic nitrogens is 1.